The lowest BCUT2D eigenvalue weighted by atomic mass is 10.1. The van der Waals surface area contributed by atoms with Crippen LogP contribution in [-0.2, 0) is 11.4 Å². The van der Waals surface area contributed by atoms with Crippen LogP contribution in [0.1, 0.15) is 24.5 Å². The van der Waals surface area contributed by atoms with Gasteiger partial charge in [-0.25, -0.2) is 0 Å². The van der Waals surface area contributed by atoms with E-state index in [4.69, 9.17) is 40.2 Å². The summed E-state index contributed by atoms with van der Waals surface area (Å²) in [6.07, 6.45) is 2.57. The Hall–Kier alpha value is -1.60. The number of carbonyl (C=O) groups excluding carboxylic acids is 1. The lowest BCUT2D eigenvalue weighted by molar-refractivity contribution is -0.122. The molecule has 0 unspecified atom stereocenters. The van der Waals surface area contributed by atoms with E-state index < -0.39 is 0 Å². The van der Waals surface area contributed by atoms with E-state index in [-0.39, 0.29) is 12.5 Å². The molecule has 3 rings (SSSR count). The summed E-state index contributed by atoms with van der Waals surface area (Å²) in [6, 6.07) is 10.9. The van der Waals surface area contributed by atoms with Crippen molar-refractivity contribution in [2.45, 2.75) is 20.0 Å². The highest BCUT2D eigenvalue weighted by atomic mass is 79.9. The Morgan fingerprint density at radius 2 is 2.04 bits per heavy atom. The van der Waals surface area contributed by atoms with Crippen molar-refractivity contribution in [3.63, 3.8) is 0 Å². The average Bonchev–Trinajstić information content (AvgIpc) is 2.90. The molecule has 2 aromatic carbocycles. The molecule has 0 bridgehead atoms. The first-order chi connectivity index (χ1) is 13.4. The number of amides is 1. The van der Waals surface area contributed by atoms with Gasteiger partial charge in [0.2, 0.25) is 0 Å². The number of hydrogen-bond donors (Lipinski definition) is 1. The normalized spacial score (nSPS) is 15.3. The number of benzene rings is 2. The molecule has 1 N–H and O–H groups in total. The molecule has 0 aromatic heterocycles. The third kappa shape index (κ3) is 4.87. The van der Waals surface area contributed by atoms with Crippen LogP contribution in [0.25, 0.3) is 6.08 Å². The van der Waals surface area contributed by atoms with Gasteiger partial charge in [0.25, 0.3) is 5.91 Å². The van der Waals surface area contributed by atoms with E-state index in [1.54, 1.807) is 23.1 Å². The molecule has 0 aliphatic carbocycles. The molecule has 0 atom stereocenters. The molecule has 4 nitrogen and oxygen atoms in total. The van der Waals surface area contributed by atoms with Gasteiger partial charge < -0.3 is 10.1 Å². The minimum atomic E-state index is -0.140. The Bertz CT molecular complexity index is 965. The Morgan fingerprint density at radius 1 is 1.25 bits per heavy atom. The summed E-state index contributed by atoms with van der Waals surface area (Å²) in [6.45, 7) is 2.86. The van der Waals surface area contributed by atoms with E-state index in [1.807, 2.05) is 31.2 Å². The third-order valence-electron chi connectivity index (χ3n) is 4.08. The molecule has 2 aromatic rings. The number of hydrogen-bond acceptors (Lipinski definition) is 3. The second-order valence-corrected chi connectivity index (χ2v) is 8.30. The highest BCUT2D eigenvalue weighted by molar-refractivity contribution is 9.10. The van der Waals surface area contributed by atoms with Crippen molar-refractivity contribution >= 4 is 68.4 Å². The summed E-state index contributed by atoms with van der Waals surface area (Å²) < 4.78 is 6.84. The molecule has 0 spiro atoms. The molecular formula is C20H17BrCl2N2O2S. The van der Waals surface area contributed by atoms with Crippen LogP contribution in [0.5, 0.6) is 5.75 Å². The number of thiocarbonyl (C=S) groups is 1. The molecule has 1 aliphatic heterocycles. The van der Waals surface area contributed by atoms with Crippen LogP contribution in [0.3, 0.4) is 0 Å². The minimum absolute atomic E-state index is 0.140. The fourth-order valence-electron chi connectivity index (χ4n) is 2.71. The van der Waals surface area contributed by atoms with Crippen molar-refractivity contribution in [1.29, 1.82) is 0 Å². The highest BCUT2D eigenvalue weighted by Crippen LogP contribution is 2.29. The molecule has 146 valence electrons. The number of halogens is 3. The van der Waals surface area contributed by atoms with Crippen molar-refractivity contribution in [3.05, 3.63) is 67.7 Å². The zero-order chi connectivity index (χ0) is 20.3. The average molecular weight is 500 g/mol. The monoisotopic (exact) mass is 498 g/mol. The molecule has 1 heterocycles. The molecule has 0 radical (unpaired) electrons. The standard InChI is InChI=1S/C20H17BrCl2N2O2S/c1-2-7-25-19(26)17(24-20(25)28)9-13-8-14(21)4-6-18(13)27-11-12-3-5-15(22)10-16(12)23/h3-6,8-10H,2,7,11H2,1H3,(H,24,28)/b17-9-. The Kier molecular flexibility index (Phi) is 6.99. The summed E-state index contributed by atoms with van der Waals surface area (Å²) in [5.41, 5.74) is 1.99. The van der Waals surface area contributed by atoms with Crippen molar-refractivity contribution in [2.75, 3.05) is 6.54 Å². The smallest absolute Gasteiger partial charge is 0.276 e. The number of rotatable bonds is 6. The van der Waals surface area contributed by atoms with Gasteiger partial charge in [-0.1, -0.05) is 52.1 Å². The lowest BCUT2D eigenvalue weighted by Gasteiger charge is -2.12. The number of nitrogens with one attached hydrogen (secondary N) is 1. The molecule has 28 heavy (non-hydrogen) atoms. The van der Waals surface area contributed by atoms with Crippen LogP contribution in [0, 0.1) is 0 Å². The largest absolute Gasteiger partial charge is 0.488 e. The Labute approximate surface area is 187 Å². The maximum Gasteiger partial charge on any atom is 0.276 e. The summed E-state index contributed by atoms with van der Waals surface area (Å²) >= 11 is 20.9. The third-order valence-corrected chi connectivity index (χ3v) is 5.48. The first kappa shape index (κ1) is 21.1. The van der Waals surface area contributed by atoms with Gasteiger partial charge in [0, 0.05) is 32.2 Å². The van der Waals surface area contributed by atoms with Crippen molar-refractivity contribution in [3.8, 4) is 5.75 Å². The fourth-order valence-corrected chi connectivity index (χ4v) is 3.84. The number of ether oxygens (including phenoxy) is 1. The van der Waals surface area contributed by atoms with Crippen molar-refractivity contribution in [2.24, 2.45) is 0 Å². The first-order valence-electron chi connectivity index (χ1n) is 8.60. The van der Waals surface area contributed by atoms with Crippen molar-refractivity contribution < 1.29 is 9.53 Å². The topological polar surface area (TPSA) is 41.6 Å². The van der Waals surface area contributed by atoms with E-state index in [0.717, 1.165) is 22.0 Å². The van der Waals surface area contributed by atoms with Crippen LogP contribution in [0.15, 0.2) is 46.6 Å². The second kappa shape index (κ2) is 9.27. The number of nitrogens with zero attached hydrogens (tertiary/aromatic N) is 1. The molecule has 1 saturated heterocycles. The van der Waals surface area contributed by atoms with E-state index in [1.165, 1.54) is 0 Å². The van der Waals surface area contributed by atoms with Crippen LogP contribution < -0.4 is 10.1 Å². The molecule has 8 heteroatoms. The SMILES string of the molecule is CCCN1C(=O)/C(=C/c2cc(Br)ccc2OCc2ccc(Cl)cc2Cl)NC1=S. The van der Waals surface area contributed by atoms with Gasteiger partial charge in [-0.05, 0) is 55.0 Å². The van der Waals surface area contributed by atoms with E-state index >= 15 is 0 Å². The maximum absolute atomic E-state index is 12.6. The molecular weight excluding hydrogens is 483 g/mol. The zero-order valence-electron chi connectivity index (χ0n) is 15.0. The molecule has 1 aliphatic rings. The first-order valence-corrected chi connectivity index (χ1v) is 10.6. The van der Waals surface area contributed by atoms with Crippen LogP contribution in [0.2, 0.25) is 10.0 Å². The van der Waals surface area contributed by atoms with Crippen molar-refractivity contribution in [1.82, 2.24) is 10.2 Å². The van der Waals surface area contributed by atoms with Crippen LogP contribution >= 0.6 is 51.3 Å². The van der Waals surface area contributed by atoms with Gasteiger partial charge in [0.1, 0.15) is 18.1 Å². The highest BCUT2D eigenvalue weighted by Gasteiger charge is 2.29. The fraction of sp³-hybridized carbons (Fsp3) is 0.200. The quantitative estimate of drug-likeness (QED) is 0.402. The molecule has 1 amide bonds. The van der Waals surface area contributed by atoms with Crippen LogP contribution in [-0.4, -0.2) is 22.5 Å². The van der Waals surface area contributed by atoms with Gasteiger partial charge in [-0.15, -0.1) is 0 Å². The van der Waals surface area contributed by atoms with Gasteiger partial charge in [-0.2, -0.15) is 0 Å². The van der Waals surface area contributed by atoms with Gasteiger partial charge in [0.15, 0.2) is 5.11 Å². The van der Waals surface area contributed by atoms with Gasteiger partial charge in [0.05, 0.1) is 0 Å². The lowest BCUT2D eigenvalue weighted by Crippen LogP contribution is -2.31. The van der Waals surface area contributed by atoms with E-state index in [9.17, 15) is 4.79 Å². The van der Waals surface area contributed by atoms with E-state index in [2.05, 4.69) is 21.2 Å². The minimum Gasteiger partial charge on any atom is -0.488 e. The second-order valence-electron chi connectivity index (χ2n) is 6.15. The predicted molar refractivity (Wildman–Crippen MR) is 121 cm³/mol. The summed E-state index contributed by atoms with van der Waals surface area (Å²) in [5.74, 6) is 0.481. The molecule has 0 saturated carbocycles. The number of carbonyl (C=O) groups is 1. The van der Waals surface area contributed by atoms with Gasteiger partial charge >= 0.3 is 0 Å². The predicted octanol–water partition coefficient (Wildman–Crippen LogP) is 5.80. The Morgan fingerprint density at radius 3 is 2.75 bits per heavy atom. The summed E-state index contributed by atoms with van der Waals surface area (Å²) in [5, 5.41) is 4.52. The van der Waals surface area contributed by atoms with Crippen LogP contribution in [0.4, 0.5) is 0 Å². The molecule has 1 fully saturated rings. The maximum atomic E-state index is 12.6. The summed E-state index contributed by atoms with van der Waals surface area (Å²) in [7, 11) is 0. The van der Waals surface area contributed by atoms with Gasteiger partial charge in [-0.3, -0.25) is 9.69 Å². The summed E-state index contributed by atoms with van der Waals surface area (Å²) in [4.78, 5) is 14.2. The van der Waals surface area contributed by atoms with E-state index in [0.29, 0.717) is 33.1 Å². The Balaban J connectivity index is 1.85. The zero-order valence-corrected chi connectivity index (χ0v) is 18.9.